The van der Waals surface area contributed by atoms with Gasteiger partial charge in [-0.15, -0.1) is 0 Å². The van der Waals surface area contributed by atoms with Crippen molar-refractivity contribution in [2.45, 2.75) is 64.5 Å². The van der Waals surface area contributed by atoms with Gasteiger partial charge in [0.25, 0.3) is 0 Å². The quantitative estimate of drug-likeness (QED) is 0.808. The molecule has 1 heterocycles. The normalized spacial score (nSPS) is 18.9. The van der Waals surface area contributed by atoms with Gasteiger partial charge in [0.2, 0.25) is 5.91 Å². The van der Waals surface area contributed by atoms with E-state index in [0.717, 1.165) is 32.4 Å². The molecule has 3 nitrogen and oxygen atoms in total. The number of hydrogen-bond donors (Lipinski definition) is 2. The van der Waals surface area contributed by atoms with E-state index in [2.05, 4.69) is 36.6 Å². The maximum atomic E-state index is 12.7. The van der Waals surface area contributed by atoms with Gasteiger partial charge >= 0.3 is 0 Å². The number of nitrogens with one attached hydrogen (secondary N) is 2. The van der Waals surface area contributed by atoms with Crippen molar-refractivity contribution in [3.63, 3.8) is 0 Å². The van der Waals surface area contributed by atoms with Gasteiger partial charge in [-0.05, 0) is 24.0 Å². The minimum atomic E-state index is -0.0454. The SMILES string of the molecule is CCCCC(CCC)NC(=O)C1CNCc2ccccc21. The molecule has 1 aromatic carbocycles. The van der Waals surface area contributed by atoms with Crippen LogP contribution in [0.3, 0.4) is 0 Å². The van der Waals surface area contributed by atoms with Crippen molar-refractivity contribution in [3.05, 3.63) is 35.4 Å². The molecule has 0 saturated heterocycles. The second-order valence-electron chi connectivity index (χ2n) is 6.02. The number of rotatable bonds is 7. The first-order valence-electron chi connectivity index (χ1n) is 8.35. The van der Waals surface area contributed by atoms with E-state index in [4.69, 9.17) is 0 Å². The van der Waals surface area contributed by atoms with Crippen LogP contribution in [-0.4, -0.2) is 18.5 Å². The Morgan fingerprint density at radius 1 is 1.29 bits per heavy atom. The smallest absolute Gasteiger partial charge is 0.229 e. The molecule has 2 atom stereocenters. The maximum absolute atomic E-state index is 12.7. The molecule has 0 spiro atoms. The van der Waals surface area contributed by atoms with Gasteiger partial charge in [0.05, 0.1) is 5.92 Å². The second kappa shape index (κ2) is 8.18. The third kappa shape index (κ3) is 4.31. The lowest BCUT2D eigenvalue weighted by Gasteiger charge is -2.28. The van der Waals surface area contributed by atoms with Crippen molar-refractivity contribution < 1.29 is 4.79 Å². The molecule has 0 saturated carbocycles. The van der Waals surface area contributed by atoms with Gasteiger partial charge < -0.3 is 10.6 Å². The van der Waals surface area contributed by atoms with Gasteiger partial charge in [-0.1, -0.05) is 57.4 Å². The molecule has 1 aliphatic rings. The summed E-state index contributed by atoms with van der Waals surface area (Å²) in [4.78, 5) is 12.7. The first-order valence-corrected chi connectivity index (χ1v) is 8.35. The van der Waals surface area contributed by atoms with E-state index in [1.165, 1.54) is 24.0 Å². The monoisotopic (exact) mass is 288 g/mol. The first kappa shape index (κ1) is 16.0. The lowest BCUT2D eigenvalue weighted by Crippen LogP contribution is -2.43. The molecule has 0 aromatic heterocycles. The van der Waals surface area contributed by atoms with Crippen LogP contribution in [0.5, 0.6) is 0 Å². The molecule has 0 fully saturated rings. The second-order valence-corrected chi connectivity index (χ2v) is 6.02. The Morgan fingerprint density at radius 2 is 2.10 bits per heavy atom. The average molecular weight is 288 g/mol. The van der Waals surface area contributed by atoms with Crippen LogP contribution in [0, 0.1) is 0 Å². The predicted molar refractivity (Wildman–Crippen MR) is 87.3 cm³/mol. The molecular formula is C18H28N2O. The Hall–Kier alpha value is -1.35. The van der Waals surface area contributed by atoms with Crippen molar-refractivity contribution in [2.75, 3.05) is 6.54 Å². The minimum Gasteiger partial charge on any atom is -0.353 e. The molecule has 0 aliphatic carbocycles. The molecule has 1 amide bonds. The van der Waals surface area contributed by atoms with Gasteiger partial charge in [-0.2, -0.15) is 0 Å². The average Bonchev–Trinajstić information content (AvgIpc) is 2.52. The van der Waals surface area contributed by atoms with Gasteiger partial charge in [0.1, 0.15) is 0 Å². The van der Waals surface area contributed by atoms with E-state index < -0.39 is 0 Å². The molecule has 3 heteroatoms. The summed E-state index contributed by atoms with van der Waals surface area (Å²) < 4.78 is 0. The van der Waals surface area contributed by atoms with Crippen LogP contribution in [-0.2, 0) is 11.3 Å². The van der Waals surface area contributed by atoms with Crippen LogP contribution in [0.2, 0.25) is 0 Å². The molecule has 0 bridgehead atoms. The van der Waals surface area contributed by atoms with E-state index in [-0.39, 0.29) is 11.8 Å². The zero-order chi connectivity index (χ0) is 15.1. The topological polar surface area (TPSA) is 41.1 Å². The lowest BCUT2D eigenvalue weighted by molar-refractivity contribution is -0.123. The Morgan fingerprint density at radius 3 is 2.86 bits per heavy atom. The maximum Gasteiger partial charge on any atom is 0.229 e. The van der Waals surface area contributed by atoms with Crippen LogP contribution >= 0.6 is 0 Å². The third-order valence-corrected chi connectivity index (χ3v) is 4.30. The molecule has 0 radical (unpaired) electrons. The summed E-state index contributed by atoms with van der Waals surface area (Å²) >= 11 is 0. The van der Waals surface area contributed by atoms with Gasteiger partial charge in [-0.25, -0.2) is 0 Å². The molecule has 21 heavy (non-hydrogen) atoms. The van der Waals surface area contributed by atoms with Gasteiger partial charge in [0.15, 0.2) is 0 Å². The molecule has 1 aliphatic heterocycles. The largest absolute Gasteiger partial charge is 0.353 e. The van der Waals surface area contributed by atoms with Crippen molar-refractivity contribution in [1.29, 1.82) is 0 Å². The summed E-state index contributed by atoms with van der Waals surface area (Å²) in [6.07, 6.45) is 5.66. The molecular weight excluding hydrogens is 260 g/mol. The van der Waals surface area contributed by atoms with E-state index >= 15 is 0 Å². The van der Waals surface area contributed by atoms with Crippen LogP contribution < -0.4 is 10.6 Å². The zero-order valence-electron chi connectivity index (χ0n) is 13.3. The summed E-state index contributed by atoms with van der Waals surface area (Å²) in [6.45, 7) is 6.00. The van der Waals surface area contributed by atoms with E-state index in [9.17, 15) is 4.79 Å². The number of fused-ring (bicyclic) bond motifs is 1. The van der Waals surface area contributed by atoms with Gasteiger partial charge in [0, 0.05) is 19.1 Å². The Kier molecular flexibility index (Phi) is 6.24. The zero-order valence-corrected chi connectivity index (χ0v) is 13.3. The molecule has 116 valence electrons. The van der Waals surface area contributed by atoms with Gasteiger partial charge in [-0.3, -0.25) is 4.79 Å². The van der Waals surface area contributed by atoms with Crippen molar-refractivity contribution in [2.24, 2.45) is 0 Å². The number of carbonyl (C=O) groups is 1. The van der Waals surface area contributed by atoms with Crippen LogP contribution in [0.4, 0.5) is 0 Å². The molecule has 2 unspecified atom stereocenters. The van der Waals surface area contributed by atoms with E-state index in [1.807, 2.05) is 12.1 Å². The molecule has 1 aromatic rings. The van der Waals surface area contributed by atoms with E-state index in [1.54, 1.807) is 0 Å². The Balaban J connectivity index is 2.02. The summed E-state index contributed by atoms with van der Waals surface area (Å²) in [7, 11) is 0. The van der Waals surface area contributed by atoms with E-state index in [0.29, 0.717) is 6.04 Å². The number of unbranched alkanes of at least 4 members (excludes halogenated alkanes) is 1. The highest BCUT2D eigenvalue weighted by Gasteiger charge is 2.27. The fraction of sp³-hybridized carbons (Fsp3) is 0.611. The van der Waals surface area contributed by atoms with Crippen LogP contribution in [0.1, 0.15) is 63.0 Å². The predicted octanol–water partition coefficient (Wildman–Crippen LogP) is 3.35. The fourth-order valence-electron chi connectivity index (χ4n) is 3.12. The van der Waals surface area contributed by atoms with Crippen molar-refractivity contribution in [1.82, 2.24) is 10.6 Å². The van der Waals surface area contributed by atoms with Crippen LogP contribution in [0.15, 0.2) is 24.3 Å². The summed E-state index contributed by atoms with van der Waals surface area (Å²) in [5.41, 5.74) is 2.45. The summed E-state index contributed by atoms with van der Waals surface area (Å²) in [5.74, 6) is 0.139. The Bertz CT molecular complexity index is 458. The number of hydrogen-bond acceptors (Lipinski definition) is 2. The highest BCUT2D eigenvalue weighted by Crippen LogP contribution is 2.24. The molecule has 2 N–H and O–H groups in total. The highest BCUT2D eigenvalue weighted by atomic mass is 16.2. The third-order valence-electron chi connectivity index (χ3n) is 4.30. The molecule has 2 rings (SSSR count). The van der Waals surface area contributed by atoms with Crippen molar-refractivity contribution >= 4 is 5.91 Å². The minimum absolute atomic E-state index is 0.0454. The number of amides is 1. The Labute approximate surface area is 128 Å². The first-order chi connectivity index (χ1) is 10.3. The summed E-state index contributed by atoms with van der Waals surface area (Å²) in [6, 6.07) is 8.62. The lowest BCUT2D eigenvalue weighted by atomic mass is 9.89. The number of carbonyl (C=O) groups excluding carboxylic acids is 1. The fourth-order valence-corrected chi connectivity index (χ4v) is 3.12. The highest BCUT2D eigenvalue weighted by molar-refractivity contribution is 5.84. The number of benzene rings is 1. The van der Waals surface area contributed by atoms with Crippen molar-refractivity contribution in [3.8, 4) is 0 Å². The standard InChI is InChI=1S/C18H28N2O/c1-3-5-10-15(8-4-2)20-18(21)17-13-19-12-14-9-6-7-11-16(14)17/h6-7,9,11,15,17,19H,3-5,8,10,12-13H2,1-2H3,(H,20,21). The van der Waals surface area contributed by atoms with Crippen LogP contribution in [0.25, 0.3) is 0 Å². The summed E-state index contributed by atoms with van der Waals surface area (Å²) in [5, 5.41) is 6.64.